The SMILES string of the molecule is CC(C)N(Cc1cccs1)C(=O)c1cnc(Cl)cn1. The van der Waals surface area contributed by atoms with Crippen LogP contribution >= 0.6 is 22.9 Å². The van der Waals surface area contributed by atoms with E-state index in [0.29, 0.717) is 12.2 Å². The summed E-state index contributed by atoms with van der Waals surface area (Å²) in [7, 11) is 0. The minimum absolute atomic E-state index is 0.0899. The maximum absolute atomic E-state index is 12.4. The second-order valence-corrected chi connectivity index (χ2v) is 5.75. The first kappa shape index (κ1) is 14.0. The van der Waals surface area contributed by atoms with Crippen molar-refractivity contribution in [1.82, 2.24) is 14.9 Å². The lowest BCUT2D eigenvalue weighted by Crippen LogP contribution is -2.36. The van der Waals surface area contributed by atoms with Crippen molar-refractivity contribution in [3.05, 3.63) is 45.6 Å². The fraction of sp³-hybridized carbons (Fsp3) is 0.308. The molecule has 0 unspecified atom stereocenters. The highest BCUT2D eigenvalue weighted by atomic mass is 35.5. The Kier molecular flexibility index (Phi) is 4.50. The van der Waals surface area contributed by atoms with Gasteiger partial charge in [-0.15, -0.1) is 11.3 Å². The maximum Gasteiger partial charge on any atom is 0.274 e. The normalized spacial score (nSPS) is 10.7. The average Bonchev–Trinajstić information content (AvgIpc) is 2.88. The predicted molar refractivity (Wildman–Crippen MR) is 76.4 cm³/mol. The van der Waals surface area contributed by atoms with Crippen LogP contribution in [0.2, 0.25) is 5.15 Å². The second kappa shape index (κ2) is 6.12. The summed E-state index contributed by atoms with van der Waals surface area (Å²) < 4.78 is 0. The van der Waals surface area contributed by atoms with Crippen LogP contribution < -0.4 is 0 Å². The van der Waals surface area contributed by atoms with Gasteiger partial charge in [0.15, 0.2) is 0 Å². The number of aromatic nitrogens is 2. The fourth-order valence-corrected chi connectivity index (χ4v) is 2.43. The number of amides is 1. The molecule has 6 heteroatoms. The molecule has 0 radical (unpaired) electrons. The van der Waals surface area contributed by atoms with Crippen molar-refractivity contribution in [1.29, 1.82) is 0 Å². The first-order valence-corrected chi connectivity index (χ1v) is 7.14. The Morgan fingerprint density at radius 2 is 2.21 bits per heavy atom. The Hall–Kier alpha value is -1.46. The van der Waals surface area contributed by atoms with E-state index in [1.807, 2.05) is 31.4 Å². The van der Waals surface area contributed by atoms with Crippen molar-refractivity contribution >= 4 is 28.8 Å². The van der Waals surface area contributed by atoms with Gasteiger partial charge in [0.05, 0.1) is 18.9 Å². The number of hydrogen-bond acceptors (Lipinski definition) is 4. The molecule has 19 heavy (non-hydrogen) atoms. The molecule has 0 saturated carbocycles. The Bertz CT molecular complexity index is 540. The molecule has 0 aliphatic rings. The van der Waals surface area contributed by atoms with Gasteiger partial charge in [-0.25, -0.2) is 9.97 Å². The van der Waals surface area contributed by atoms with Crippen molar-refractivity contribution in [2.24, 2.45) is 0 Å². The van der Waals surface area contributed by atoms with Gasteiger partial charge in [0, 0.05) is 10.9 Å². The van der Waals surface area contributed by atoms with Crippen molar-refractivity contribution in [2.45, 2.75) is 26.4 Å². The van der Waals surface area contributed by atoms with Crippen LogP contribution in [0.4, 0.5) is 0 Å². The van der Waals surface area contributed by atoms with E-state index in [1.54, 1.807) is 16.2 Å². The molecule has 0 aromatic carbocycles. The number of carbonyl (C=O) groups excluding carboxylic acids is 1. The zero-order valence-electron chi connectivity index (χ0n) is 10.7. The minimum atomic E-state index is -0.132. The summed E-state index contributed by atoms with van der Waals surface area (Å²) in [5.74, 6) is -0.132. The van der Waals surface area contributed by atoms with Gasteiger partial charge in [-0.2, -0.15) is 0 Å². The molecule has 4 nitrogen and oxygen atoms in total. The molecule has 0 aliphatic carbocycles. The van der Waals surface area contributed by atoms with E-state index in [-0.39, 0.29) is 17.1 Å². The lowest BCUT2D eigenvalue weighted by atomic mass is 10.2. The second-order valence-electron chi connectivity index (χ2n) is 4.33. The van der Waals surface area contributed by atoms with Crippen LogP contribution in [0.1, 0.15) is 29.2 Å². The van der Waals surface area contributed by atoms with Gasteiger partial charge >= 0.3 is 0 Å². The summed E-state index contributed by atoms with van der Waals surface area (Å²) in [6, 6.07) is 4.08. The van der Waals surface area contributed by atoms with Crippen molar-refractivity contribution in [3.8, 4) is 0 Å². The highest BCUT2D eigenvalue weighted by Gasteiger charge is 2.20. The molecule has 0 aliphatic heterocycles. The zero-order valence-corrected chi connectivity index (χ0v) is 12.3. The number of rotatable bonds is 4. The number of halogens is 1. The minimum Gasteiger partial charge on any atom is -0.330 e. The van der Waals surface area contributed by atoms with Gasteiger partial charge in [-0.3, -0.25) is 4.79 Å². The molecule has 2 aromatic heterocycles. The summed E-state index contributed by atoms with van der Waals surface area (Å²) in [6.07, 6.45) is 2.80. The van der Waals surface area contributed by atoms with E-state index in [9.17, 15) is 4.79 Å². The van der Waals surface area contributed by atoms with E-state index >= 15 is 0 Å². The van der Waals surface area contributed by atoms with Crippen molar-refractivity contribution in [3.63, 3.8) is 0 Å². The van der Waals surface area contributed by atoms with Crippen LogP contribution in [0.25, 0.3) is 0 Å². The fourth-order valence-electron chi connectivity index (χ4n) is 1.63. The van der Waals surface area contributed by atoms with E-state index in [4.69, 9.17) is 11.6 Å². The molecule has 0 N–H and O–H groups in total. The molecule has 2 aromatic rings. The van der Waals surface area contributed by atoms with Crippen LogP contribution in [-0.2, 0) is 6.54 Å². The first-order valence-electron chi connectivity index (χ1n) is 5.89. The average molecular weight is 296 g/mol. The van der Waals surface area contributed by atoms with Gasteiger partial charge in [-0.1, -0.05) is 17.7 Å². The van der Waals surface area contributed by atoms with E-state index in [1.165, 1.54) is 12.4 Å². The molecule has 2 heterocycles. The van der Waals surface area contributed by atoms with Crippen LogP contribution in [0, 0.1) is 0 Å². The van der Waals surface area contributed by atoms with Gasteiger partial charge in [0.1, 0.15) is 10.8 Å². The van der Waals surface area contributed by atoms with Crippen LogP contribution in [0.15, 0.2) is 29.9 Å². The van der Waals surface area contributed by atoms with Crippen LogP contribution in [-0.4, -0.2) is 26.8 Å². The summed E-state index contributed by atoms with van der Waals surface area (Å²) in [4.78, 5) is 23.2. The molecule has 0 spiro atoms. The lowest BCUT2D eigenvalue weighted by molar-refractivity contribution is 0.0686. The van der Waals surface area contributed by atoms with E-state index in [2.05, 4.69) is 9.97 Å². The summed E-state index contributed by atoms with van der Waals surface area (Å²) in [6.45, 7) is 4.54. The van der Waals surface area contributed by atoms with E-state index in [0.717, 1.165) is 4.88 Å². The Morgan fingerprint density at radius 1 is 1.42 bits per heavy atom. The highest BCUT2D eigenvalue weighted by molar-refractivity contribution is 7.09. The third kappa shape index (κ3) is 3.52. The zero-order chi connectivity index (χ0) is 13.8. The van der Waals surface area contributed by atoms with Gasteiger partial charge in [-0.05, 0) is 25.3 Å². The molecule has 0 bridgehead atoms. The third-order valence-corrected chi connectivity index (χ3v) is 3.69. The Morgan fingerprint density at radius 3 is 2.74 bits per heavy atom. The predicted octanol–water partition coefficient (Wildman–Crippen LogP) is 3.24. The lowest BCUT2D eigenvalue weighted by Gasteiger charge is -2.25. The van der Waals surface area contributed by atoms with Gasteiger partial charge < -0.3 is 4.90 Å². The molecular formula is C13H14ClN3OS. The van der Waals surface area contributed by atoms with Crippen molar-refractivity contribution < 1.29 is 4.79 Å². The highest BCUT2D eigenvalue weighted by Crippen LogP contribution is 2.16. The quantitative estimate of drug-likeness (QED) is 0.870. The molecule has 1 amide bonds. The number of nitrogens with zero attached hydrogens (tertiary/aromatic N) is 3. The van der Waals surface area contributed by atoms with Gasteiger partial charge in [0.25, 0.3) is 5.91 Å². The van der Waals surface area contributed by atoms with Crippen LogP contribution in [0.3, 0.4) is 0 Å². The van der Waals surface area contributed by atoms with Crippen molar-refractivity contribution in [2.75, 3.05) is 0 Å². The number of thiophene rings is 1. The maximum atomic E-state index is 12.4. The molecule has 0 fully saturated rings. The van der Waals surface area contributed by atoms with Gasteiger partial charge in [0.2, 0.25) is 0 Å². The largest absolute Gasteiger partial charge is 0.330 e. The molecule has 0 atom stereocenters. The Balaban J connectivity index is 2.19. The molecule has 0 saturated heterocycles. The standard InChI is InChI=1S/C13H14ClN3OS/c1-9(2)17(8-10-4-3-5-19-10)13(18)11-6-16-12(14)7-15-11/h3-7,9H,8H2,1-2H3. The summed E-state index contributed by atoms with van der Waals surface area (Å²) >= 11 is 7.31. The summed E-state index contributed by atoms with van der Waals surface area (Å²) in [5, 5.41) is 2.28. The van der Waals surface area contributed by atoms with Crippen LogP contribution in [0.5, 0.6) is 0 Å². The van der Waals surface area contributed by atoms with E-state index < -0.39 is 0 Å². The first-order chi connectivity index (χ1) is 9.08. The third-order valence-electron chi connectivity index (χ3n) is 2.63. The molecular weight excluding hydrogens is 282 g/mol. The summed E-state index contributed by atoms with van der Waals surface area (Å²) in [5.41, 5.74) is 0.314. The molecule has 100 valence electrons. The topological polar surface area (TPSA) is 46.1 Å². The monoisotopic (exact) mass is 295 g/mol. The molecule has 2 rings (SSSR count). The Labute approximate surface area is 121 Å². The number of carbonyl (C=O) groups is 1. The smallest absolute Gasteiger partial charge is 0.274 e. The number of hydrogen-bond donors (Lipinski definition) is 0.